The molecule has 62 valence electrons. The lowest BCUT2D eigenvalue weighted by atomic mass is 10.5. The first kappa shape index (κ1) is 16.6. The van der Waals surface area contributed by atoms with Crippen LogP contribution in [-0.2, 0) is 0 Å². The zero-order valence-electron chi connectivity index (χ0n) is 5.97. The molecule has 0 radical (unpaired) electrons. The highest BCUT2D eigenvalue weighted by atomic mass is 32.1. The molecule has 0 saturated carbocycles. The molecule has 0 amide bonds. The van der Waals surface area contributed by atoms with E-state index < -0.39 is 0 Å². The van der Waals surface area contributed by atoms with Gasteiger partial charge in [0.1, 0.15) is 0 Å². The lowest BCUT2D eigenvalue weighted by molar-refractivity contribution is 0.359. The molecule has 0 heterocycles. The molecule has 0 aliphatic rings. The molecule has 1 nitrogen and oxygen atoms in total. The lowest BCUT2D eigenvalue weighted by Crippen LogP contribution is -1.90. The second-order valence-electron chi connectivity index (χ2n) is 1.77. The molecule has 0 aliphatic carbocycles. The van der Waals surface area contributed by atoms with Crippen LogP contribution < -0.4 is 0 Å². The summed E-state index contributed by atoms with van der Waals surface area (Å²) in [7, 11) is 0. The number of thiocarbonyl (C=S) groups is 2. The SMILES string of the molecule is C.CC(=S)CO.CC(C)=S. The molecule has 0 aliphatic heterocycles. The maximum atomic E-state index is 8.00. The van der Waals surface area contributed by atoms with Gasteiger partial charge in [-0.2, -0.15) is 0 Å². The average molecular weight is 180 g/mol. The van der Waals surface area contributed by atoms with Gasteiger partial charge in [-0.05, 0) is 25.6 Å². The first-order valence-electron chi connectivity index (χ1n) is 2.58. The quantitative estimate of drug-likeness (QED) is 0.626. The van der Waals surface area contributed by atoms with Crippen molar-refractivity contribution >= 4 is 34.2 Å². The Labute approximate surface area is 74.5 Å². The molecule has 0 saturated heterocycles. The van der Waals surface area contributed by atoms with Crippen molar-refractivity contribution in [2.45, 2.75) is 28.2 Å². The van der Waals surface area contributed by atoms with Gasteiger partial charge in [0.2, 0.25) is 0 Å². The molecule has 0 aromatic heterocycles. The summed E-state index contributed by atoms with van der Waals surface area (Å²) in [5.41, 5.74) is 0. The van der Waals surface area contributed by atoms with Crippen molar-refractivity contribution in [3.8, 4) is 0 Å². The zero-order chi connectivity index (χ0) is 7.86. The first-order chi connectivity index (χ1) is 4.00. The molecule has 0 aromatic carbocycles. The second kappa shape index (κ2) is 11.9. The molecular weight excluding hydrogens is 164 g/mol. The molecule has 0 atom stereocenters. The van der Waals surface area contributed by atoms with E-state index >= 15 is 0 Å². The summed E-state index contributed by atoms with van der Waals surface area (Å²) in [5, 5.41) is 8.00. The van der Waals surface area contributed by atoms with Crippen LogP contribution in [0.1, 0.15) is 28.2 Å². The van der Waals surface area contributed by atoms with Gasteiger partial charge in [0.25, 0.3) is 0 Å². The number of rotatable bonds is 1. The van der Waals surface area contributed by atoms with E-state index in [4.69, 9.17) is 5.11 Å². The first-order valence-corrected chi connectivity index (χ1v) is 3.39. The minimum atomic E-state index is 0. The van der Waals surface area contributed by atoms with Gasteiger partial charge in [0.15, 0.2) is 0 Å². The summed E-state index contributed by atoms with van der Waals surface area (Å²) in [4.78, 5) is 1.64. The molecule has 0 spiro atoms. The van der Waals surface area contributed by atoms with Crippen LogP contribution in [-0.4, -0.2) is 21.4 Å². The van der Waals surface area contributed by atoms with Gasteiger partial charge < -0.3 is 5.11 Å². The van der Waals surface area contributed by atoms with Crippen LogP contribution in [0.15, 0.2) is 0 Å². The molecule has 3 heteroatoms. The third-order valence-corrected chi connectivity index (χ3v) is 0.352. The fourth-order valence-electron chi connectivity index (χ4n) is 0. The Balaban J connectivity index is -0.0000000910. The lowest BCUT2D eigenvalue weighted by Gasteiger charge is -1.76. The fourth-order valence-corrected chi connectivity index (χ4v) is 0. The van der Waals surface area contributed by atoms with Crippen molar-refractivity contribution in [2.75, 3.05) is 6.61 Å². The molecule has 0 unspecified atom stereocenters. The van der Waals surface area contributed by atoms with E-state index in [1.165, 1.54) is 0 Å². The van der Waals surface area contributed by atoms with Crippen molar-refractivity contribution in [3.63, 3.8) is 0 Å². The number of aliphatic hydroxyl groups is 1. The van der Waals surface area contributed by atoms with E-state index in [1.807, 2.05) is 13.8 Å². The Hall–Kier alpha value is 0.140. The van der Waals surface area contributed by atoms with Crippen molar-refractivity contribution in [1.29, 1.82) is 0 Å². The topological polar surface area (TPSA) is 20.2 Å². The highest BCUT2D eigenvalue weighted by Crippen LogP contribution is 1.65. The predicted molar refractivity (Wildman–Crippen MR) is 56.0 cm³/mol. The standard InChI is InChI=1S/C3H6OS.C3H6S.CH4/c1-3(5)2-4;1-3(2)4;/h4H,2H2,1H3;1-2H3;1H4. The number of hydrogen-bond donors (Lipinski definition) is 1. The van der Waals surface area contributed by atoms with Crippen LogP contribution in [0.3, 0.4) is 0 Å². The summed E-state index contributed by atoms with van der Waals surface area (Å²) >= 11 is 8.98. The number of hydrogen-bond acceptors (Lipinski definition) is 3. The van der Waals surface area contributed by atoms with E-state index in [-0.39, 0.29) is 14.0 Å². The average Bonchev–Trinajstić information content (AvgIpc) is 1.65. The predicted octanol–water partition coefficient (Wildman–Crippen LogP) is 2.40. The summed E-state index contributed by atoms with van der Waals surface area (Å²) in [6.07, 6.45) is 0. The van der Waals surface area contributed by atoms with Crippen molar-refractivity contribution in [2.24, 2.45) is 0 Å². The monoisotopic (exact) mass is 180 g/mol. The van der Waals surface area contributed by atoms with Crippen molar-refractivity contribution < 1.29 is 5.11 Å². The number of aliphatic hydroxyl groups excluding tert-OH is 1. The molecule has 1 N–H and O–H groups in total. The molecule has 0 fully saturated rings. The summed E-state index contributed by atoms with van der Waals surface area (Å²) in [5.74, 6) is 0. The Morgan fingerprint density at radius 3 is 1.30 bits per heavy atom. The van der Waals surface area contributed by atoms with Crippen molar-refractivity contribution in [3.05, 3.63) is 0 Å². The maximum absolute atomic E-state index is 8.00. The second-order valence-corrected chi connectivity index (χ2v) is 3.28. The van der Waals surface area contributed by atoms with E-state index in [2.05, 4.69) is 24.4 Å². The van der Waals surface area contributed by atoms with Crippen LogP contribution in [0, 0.1) is 0 Å². The highest BCUT2D eigenvalue weighted by molar-refractivity contribution is 7.80. The normalized spacial score (nSPS) is 6.40. The largest absolute Gasteiger partial charge is 0.391 e. The summed E-state index contributed by atoms with van der Waals surface area (Å²) in [6, 6.07) is 0. The molecule has 0 bridgehead atoms. The van der Waals surface area contributed by atoms with Crippen LogP contribution in [0.2, 0.25) is 0 Å². The minimum Gasteiger partial charge on any atom is -0.391 e. The van der Waals surface area contributed by atoms with E-state index in [9.17, 15) is 0 Å². The van der Waals surface area contributed by atoms with Gasteiger partial charge >= 0.3 is 0 Å². The zero-order valence-corrected chi connectivity index (χ0v) is 7.60. The Morgan fingerprint density at radius 2 is 1.30 bits per heavy atom. The Bertz CT molecular complexity index is 95.8. The van der Waals surface area contributed by atoms with Crippen molar-refractivity contribution in [1.82, 2.24) is 0 Å². The summed E-state index contributed by atoms with van der Waals surface area (Å²) < 4.78 is 0. The maximum Gasteiger partial charge on any atom is 0.0741 e. The van der Waals surface area contributed by atoms with E-state index in [0.717, 1.165) is 4.86 Å². The molecule has 0 aromatic rings. The molecule has 0 rings (SSSR count). The van der Waals surface area contributed by atoms with Crippen LogP contribution in [0.5, 0.6) is 0 Å². The van der Waals surface area contributed by atoms with Crippen LogP contribution in [0.4, 0.5) is 0 Å². The third-order valence-electron chi connectivity index (χ3n) is 0.223. The third kappa shape index (κ3) is 90.6. The van der Waals surface area contributed by atoms with Crippen LogP contribution in [0.25, 0.3) is 0 Å². The van der Waals surface area contributed by atoms with Gasteiger partial charge in [-0.3, -0.25) is 0 Å². The van der Waals surface area contributed by atoms with Gasteiger partial charge in [-0.1, -0.05) is 31.9 Å². The Morgan fingerprint density at radius 1 is 1.20 bits per heavy atom. The van der Waals surface area contributed by atoms with Crippen LogP contribution >= 0.6 is 24.4 Å². The molecular formula is C7H16OS2. The Kier molecular flexibility index (Phi) is 19.7. The van der Waals surface area contributed by atoms with Gasteiger partial charge in [0.05, 0.1) is 6.61 Å². The molecule has 10 heavy (non-hydrogen) atoms. The van der Waals surface area contributed by atoms with Gasteiger partial charge in [0, 0.05) is 4.86 Å². The van der Waals surface area contributed by atoms with Gasteiger partial charge in [-0.15, -0.1) is 0 Å². The summed E-state index contributed by atoms with van der Waals surface area (Å²) in [6.45, 7) is 5.54. The van der Waals surface area contributed by atoms with Gasteiger partial charge in [-0.25, -0.2) is 0 Å². The minimum absolute atomic E-state index is 0. The highest BCUT2D eigenvalue weighted by Gasteiger charge is 1.72. The smallest absolute Gasteiger partial charge is 0.0741 e. The fraction of sp³-hybridized carbons (Fsp3) is 0.714. The van der Waals surface area contributed by atoms with E-state index in [1.54, 1.807) is 6.92 Å². The van der Waals surface area contributed by atoms with E-state index in [0.29, 0.717) is 4.86 Å².